The SMILES string of the molecule is Cc1nc(CNC(=O)c2ccccc2N2CCCC2=O)ccc1C(C)O. The molecule has 1 aromatic heterocycles. The molecule has 2 heterocycles. The number of amides is 2. The summed E-state index contributed by atoms with van der Waals surface area (Å²) in [6, 6.07) is 10.8. The first-order valence-corrected chi connectivity index (χ1v) is 8.79. The van der Waals surface area contributed by atoms with E-state index >= 15 is 0 Å². The molecule has 1 saturated heterocycles. The van der Waals surface area contributed by atoms with Gasteiger partial charge in [-0.25, -0.2) is 0 Å². The van der Waals surface area contributed by atoms with Gasteiger partial charge in [0.2, 0.25) is 5.91 Å². The minimum absolute atomic E-state index is 0.0521. The molecule has 1 atom stereocenters. The summed E-state index contributed by atoms with van der Waals surface area (Å²) in [5, 5.41) is 12.5. The summed E-state index contributed by atoms with van der Waals surface area (Å²) in [5.41, 5.74) is 3.38. The lowest BCUT2D eigenvalue weighted by Gasteiger charge is -2.19. The molecule has 1 aliphatic heterocycles. The van der Waals surface area contributed by atoms with E-state index in [1.165, 1.54) is 0 Å². The lowest BCUT2D eigenvalue weighted by molar-refractivity contribution is -0.117. The zero-order chi connectivity index (χ0) is 18.7. The molecule has 0 saturated carbocycles. The standard InChI is InChI=1S/C20H23N3O3/c1-13-16(14(2)24)10-9-15(22-13)12-21-20(26)17-6-3-4-7-18(17)23-11-5-8-19(23)25/h3-4,6-7,9-10,14,24H,5,8,11-12H2,1-2H3,(H,21,26). The van der Waals surface area contributed by atoms with E-state index in [1.807, 2.05) is 19.1 Å². The summed E-state index contributed by atoms with van der Waals surface area (Å²) in [5.74, 6) is -0.185. The third-order valence-electron chi connectivity index (χ3n) is 4.58. The van der Waals surface area contributed by atoms with E-state index in [-0.39, 0.29) is 18.4 Å². The second-order valence-electron chi connectivity index (χ2n) is 6.50. The number of para-hydroxylation sites is 1. The van der Waals surface area contributed by atoms with Crippen LogP contribution in [-0.4, -0.2) is 28.4 Å². The Hall–Kier alpha value is -2.73. The van der Waals surface area contributed by atoms with Gasteiger partial charge in [0.15, 0.2) is 0 Å². The molecule has 136 valence electrons. The quantitative estimate of drug-likeness (QED) is 0.865. The van der Waals surface area contributed by atoms with Crippen molar-refractivity contribution in [2.45, 2.75) is 39.3 Å². The van der Waals surface area contributed by atoms with E-state index in [0.717, 1.165) is 23.4 Å². The van der Waals surface area contributed by atoms with Crippen LogP contribution in [-0.2, 0) is 11.3 Å². The third-order valence-corrected chi connectivity index (χ3v) is 4.58. The molecule has 0 radical (unpaired) electrons. The number of aryl methyl sites for hydroxylation is 1. The molecule has 0 aliphatic carbocycles. The topological polar surface area (TPSA) is 82.5 Å². The fourth-order valence-corrected chi connectivity index (χ4v) is 3.23. The average molecular weight is 353 g/mol. The third kappa shape index (κ3) is 3.75. The number of aliphatic hydroxyl groups is 1. The lowest BCUT2D eigenvalue weighted by atomic mass is 10.1. The molecule has 3 rings (SSSR count). The fraction of sp³-hybridized carbons (Fsp3) is 0.350. The fourth-order valence-electron chi connectivity index (χ4n) is 3.23. The van der Waals surface area contributed by atoms with Crippen LogP contribution in [0.15, 0.2) is 36.4 Å². The molecule has 2 amide bonds. The van der Waals surface area contributed by atoms with Crippen molar-refractivity contribution in [2.24, 2.45) is 0 Å². The first-order valence-electron chi connectivity index (χ1n) is 8.79. The van der Waals surface area contributed by atoms with Gasteiger partial charge in [0.1, 0.15) is 0 Å². The van der Waals surface area contributed by atoms with Gasteiger partial charge in [-0.1, -0.05) is 18.2 Å². The van der Waals surface area contributed by atoms with Gasteiger partial charge in [0, 0.05) is 24.2 Å². The van der Waals surface area contributed by atoms with Gasteiger partial charge in [-0.2, -0.15) is 0 Å². The van der Waals surface area contributed by atoms with Gasteiger partial charge in [-0.15, -0.1) is 0 Å². The highest BCUT2D eigenvalue weighted by Crippen LogP contribution is 2.25. The largest absolute Gasteiger partial charge is 0.389 e. The van der Waals surface area contributed by atoms with Crippen LogP contribution in [0.2, 0.25) is 0 Å². The molecule has 1 aliphatic rings. The Morgan fingerprint density at radius 1 is 1.31 bits per heavy atom. The molecule has 2 N–H and O–H groups in total. The molecule has 2 aromatic rings. The van der Waals surface area contributed by atoms with E-state index in [9.17, 15) is 14.7 Å². The van der Waals surface area contributed by atoms with Crippen LogP contribution in [0.25, 0.3) is 0 Å². The predicted molar refractivity (Wildman–Crippen MR) is 98.8 cm³/mol. The maximum atomic E-state index is 12.6. The van der Waals surface area contributed by atoms with E-state index in [1.54, 1.807) is 36.1 Å². The molecular weight excluding hydrogens is 330 g/mol. The number of pyridine rings is 1. The number of rotatable bonds is 5. The van der Waals surface area contributed by atoms with Gasteiger partial charge >= 0.3 is 0 Å². The average Bonchev–Trinajstić information content (AvgIpc) is 3.05. The van der Waals surface area contributed by atoms with Crippen LogP contribution < -0.4 is 10.2 Å². The number of hydrogen-bond acceptors (Lipinski definition) is 4. The highest BCUT2D eigenvalue weighted by Gasteiger charge is 2.25. The zero-order valence-electron chi connectivity index (χ0n) is 15.0. The molecule has 6 nitrogen and oxygen atoms in total. The summed E-state index contributed by atoms with van der Waals surface area (Å²) >= 11 is 0. The molecule has 0 bridgehead atoms. The number of carbonyl (C=O) groups is 2. The number of aromatic nitrogens is 1. The van der Waals surface area contributed by atoms with Crippen LogP contribution >= 0.6 is 0 Å². The maximum Gasteiger partial charge on any atom is 0.253 e. The number of anilines is 1. The van der Waals surface area contributed by atoms with Crippen molar-refractivity contribution < 1.29 is 14.7 Å². The Bertz CT molecular complexity index is 833. The molecule has 1 aromatic carbocycles. The van der Waals surface area contributed by atoms with E-state index < -0.39 is 6.10 Å². The number of benzene rings is 1. The smallest absolute Gasteiger partial charge is 0.253 e. The van der Waals surface area contributed by atoms with Crippen molar-refractivity contribution >= 4 is 17.5 Å². The van der Waals surface area contributed by atoms with Crippen LogP contribution in [0.3, 0.4) is 0 Å². The van der Waals surface area contributed by atoms with Crippen molar-refractivity contribution in [2.75, 3.05) is 11.4 Å². The van der Waals surface area contributed by atoms with Gasteiger partial charge in [0.25, 0.3) is 5.91 Å². The van der Waals surface area contributed by atoms with Crippen molar-refractivity contribution in [1.82, 2.24) is 10.3 Å². The Kier molecular flexibility index (Phi) is 5.32. The zero-order valence-corrected chi connectivity index (χ0v) is 15.0. The predicted octanol–water partition coefficient (Wildman–Crippen LogP) is 2.50. The molecular formula is C20H23N3O3. The highest BCUT2D eigenvalue weighted by atomic mass is 16.3. The molecule has 1 fully saturated rings. The van der Waals surface area contributed by atoms with E-state index in [0.29, 0.717) is 24.2 Å². The van der Waals surface area contributed by atoms with Crippen LogP contribution in [0.5, 0.6) is 0 Å². The first-order chi connectivity index (χ1) is 12.5. The normalized spacial score (nSPS) is 15.2. The highest BCUT2D eigenvalue weighted by molar-refractivity contribution is 6.05. The maximum absolute atomic E-state index is 12.6. The van der Waals surface area contributed by atoms with Crippen molar-refractivity contribution in [3.8, 4) is 0 Å². The Morgan fingerprint density at radius 2 is 2.08 bits per heavy atom. The summed E-state index contributed by atoms with van der Waals surface area (Å²) in [6.07, 6.45) is 0.763. The van der Waals surface area contributed by atoms with Crippen molar-refractivity contribution in [1.29, 1.82) is 0 Å². The lowest BCUT2D eigenvalue weighted by Crippen LogP contribution is -2.29. The molecule has 1 unspecified atom stereocenters. The second kappa shape index (κ2) is 7.66. The van der Waals surface area contributed by atoms with E-state index in [4.69, 9.17) is 0 Å². The summed E-state index contributed by atoms with van der Waals surface area (Å²) in [6.45, 7) is 4.45. The Labute approximate surface area is 152 Å². The van der Waals surface area contributed by atoms with E-state index in [2.05, 4.69) is 10.3 Å². The monoisotopic (exact) mass is 353 g/mol. The molecule has 0 spiro atoms. The van der Waals surface area contributed by atoms with Crippen LogP contribution in [0, 0.1) is 6.92 Å². The number of nitrogens with one attached hydrogen (secondary N) is 1. The summed E-state index contributed by atoms with van der Waals surface area (Å²) in [7, 11) is 0. The van der Waals surface area contributed by atoms with Crippen LogP contribution in [0.4, 0.5) is 5.69 Å². The van der Waals surface area contributed by atoms with Gasteiger partial charge in [-0.05, 0) is 38.5 Å². The van der Waals surface area contributed by atoms with Gasteiger partial charge in [0.05, 0.1) is 29.6 Å². The minimum Gasteiger partial charge on any atom is -0.389 e. The summed E-state index contributed by atoms with van der Waals surface area (Å²) < 4.78 is 0. The number of nitrogens with zero attached hydrogens (tertiary/aromatic N) is 2. The number of aliphatic hydroxyl groups excluding tert-OH is 1. The number of carbonyl (C=O) groups excluding carboxylic acids is 2. The van der Waals surface area contributed by atoms with Gasteiger partial charge < -0.3 is 15.3 Å². The van der Waals surface area contributed by atoms with Crippen molar-refractivity contribution in [3.05, 3.63) is 58.9 Å². The molecule has 26 heavy (non-hydrogen) atoms. The Balaban J connectivity index is 1.73. The first kappa shape index (κ1) is 18.1. The Morgan fingerprint density at radius 3 is 2.73 bits per heavy atom. The van der Waals surface area contributed by atoms with Gasteiger partial charge in [-0.3, -0.25) is 14.6 Å². The summed E-state index contributed by atoms with van der Waals surface area (Å²) in [4.78, 5) is 30.8. The number of hydrogen-bond donors (Lipinski definition) is 2. The minimum atomic E-state index is -0.573. The van der Waals surface area contributed by atoms with Crippen molar-refractivity contribution in [3.63, 3.8) is 0 Å². The second-order valence-corrected chi connectivity index (χ2v) is 6.50. The molecule has 6 heteroatoms. The van der Waals surface area contributed by atoms with Crippen LogP contribution in [0.1, 0.15) is 53.2 Å².